The molecular weight excluding hydrogens is 334 g/mol. The summed E-state index contributed by atoms with van der Waals surface area (Å²) in [6.07, 6.45) is 6.39. The van der Waals surface area contributed by atoms with Crippen molar-refractivity contribution in [3.8, 4) is 5.75 Å². The van der Waals surface area contributed by atoms with Crippen molar-refractivity contribution in [1.29, 1.82) is 0 Å². The van der Waals surface area contributed by atoms with Crippen LogP contribution in [0.4, 0.5) is 0 Å². The molecule has 3 rings (SSSR count). The molecule has 3 nitrogen and oxygen atoms in total. The highest BCUT2D eigenvalue weighted by Gasteiger charge is 2.32. The van der Waals surface area contributed by atoms with Gasteiger partial charge in [0.15, 0.2) is 0 Å². The van der Waals surface area contributed by atoms with Crippen molar-refractivity contribution in [3.63, 3.8) is 0 Å². The van der Waals surface area contributed by atoms with Gasteiger partial charge in [0, 0.05) is 0 Å². The molecule has 0 heterocycles. The van der Waals surface area contributed by atoms with Gasteiger partial charge in [-0.1, -0.05) is 45.4 Å². The second-order valence-electron chi connectivity index (χ2n) is 9.23. The Hall–Kier alpha value is -1.58. The first kappa shape index (κ1) is 20.2. The van der Waals surface area contributed by atoms with Gasteiger partial charge < -0.3 is 15.6 Å². The molecule has 1 saturated carbocycles. The minimum absolute atomic E-state index is 0.0722. The Morgan fingerprint density at radius 3 is 2.26 bits per heavy atom. The minimum Gasteiger partial charge on any atom is -0.490 e. The number of aliphatic hydroxyl groups is 1. The van der Waals surface area contributed by atoms with Crippen molar-refractivity contribution < 1.29 is 9.84 Å². The summed E-state index contributed by atoms with van der Waals surface area (Å²) in [6.45, 7) is 8.88. The number of nitrogens with two attached hydrogens (primary N) is 1. The summed E-state index contributed by atoms with van der Waals surface area (Å²) in [5, 5.41) is 11.8. The van der Waals surface area contributed by atoms with E-state index in [-0.39, 0.29) is 6.61 Å². The molecule has 1 atom stereocenters. The molecule has 2 aromatic rings. The predicted octanol–water partition coefficient (Wildman–Crippen LogP) is 5.38. The topological polar surface area (TPSA) is 55.5 Å². The average molecular weight is 370 g/mol. The van der Waals surface area contributed by atoms with E-state index in [1.54, 1.807) is 0 Å². The molecule has 0 spiro atoms. The largest absolute Gasteiger partial charge is 0.490 e. The van der Waals surface area contributed by atoms with Gasteiger partial charge in [0.2, 0.25) is 0 Å². The first-order valence-corrected chi connectivity index (χ1v) is 10.4. The number of aliphatic hydroxyl groups excluding tert-OH is 1. The smallest absolute Gasteiger partial charge is 0.120 e. The van der Waals surface area contributed by atoms with Crippen LogP contribution >= 0.6 is 0 Å². The van der Waals surface area contributed by atoms with Crippen LogP contribution in [-0.4, -0.2) is 17.8 Å². The van der Waals surface area contributed by atoms with Gasteiger partial charge in [-0.15, -0.1) is 0 Å². The number of fused-ring (bicyclic) bond motifs is 1. The SMILES string of the molecule is CCC(C)(C)[C@H]1CC[C@H](Oc2ccc3cc([C@@](C)(N)CO)ccc3c2)CC1. The number of benzene rings is 2. The van der Waals surface area contributed by atoms with Crippen LogP contribution in [0.2, 0.25) is 0 Å². The molecule has 3 heteroatoms. The Morgan fingerprint density at radius 2 is 1.63 bits per heavy atom. The van der Waals surface area contributed by atoms with Crippen LogP contribution in [0.3, 0.4) is 0 Å². The third kappa shape index (κ3) is 4.47. The summed E-state index contributed by atoms with van der Waals surface area (Å²) in [5.41, 5.74) is 6.83. The molecule has 148 valence electrons. The molecule has 27 heavy (non-hydrogen) atoms. The Morgan fingerprint density at radius 1 is 1.00 bits per heavy atom. The van der Waals surface area contributed by atoms with Crippen LogP contribution in [0.1, 0.15) is 65.4 Å². The van der Waals surface area contributed by atoms with Gasteiger partial charge in [-0.05, 0) is 78.5 Å². The van der Waals surface area contributed by atoms with Crippen molar-refractivity contribution in [2.75, 3.05) is 6.61 Å². The first-order chi connectivity index (χ1) is 12.7. The number of hydrogen-bond acceptors (Lipinski definition) is 3. The van der Waals surface area contributed by atoms with Crippen molar-refractivity contribution in [2.24, 2.45) is 17.1 Å². The van der Waals surface area contributed by atoms with E-state index in [9.17, 15) is 5.11 Å². The molecule has 0 unspecified atom stereocenters. The molecule has 1 aliphatic rings. The molecule has 1 fully saturated rings. The molecule has 0 saturated heterocycles. The normalized spacial score (nSPS) is 23.2. The molecule has 2 aromatic carbocycles. The fourth-order valence-electron chi connectivity index (χ4n) is 4.19. The van der Waals surface area contributed by atoms with E-state index in [0.717, 1.165) is 40.8 Å². The summed E-state index contributed by atoms with van der Waals surface area (Å²) >= 11 is 0. The van der Waals surface area contributed by atoms with E-state index in [4.69, 9.17) is 10.5 Å². The summed E-state index contributed by atoms with van der Waals surface area (Å²) < 4.78 is 6.31. The number of ether oxygens (including phenoxy) is 1. The van der Waals surface area contributed by atoms with Crippen molar-refractivity contribution in [2.45, 2.75) is 71.4 Å². The maximum Gasteiger partial charge on any atom is 0.120 e. The summed E-state index contributed by atoms with van der Waals surface area (Å²) in [6, 6.07) is 12.4. The summed E-state index contributed by atoms with van der Waals surface area (Å²) in [4.78, 5) is 0. The molecule has 3 N–H and O–H groups in total. The van der Waals surface area contributed by atoms with Crippen LogP contribution < -0.4 is 10.5 Å². The quantitative estimate of drug-likeness (QED) is 0.719. The van der Waals surface area contributed by atoms with Crippen LogP contribution in [0.15, 0.2) is 36.4 Å². The summed E-state index contributed by atoms with van der Waals surface area (Å²) in [7, 11) is 0. The van der Waals surface area contributed by atoms with Crippen molar-refractivity contribution in [3.05, 3.63) is 42.0 Å². The molecule has 0 aliphatic heterocycles. The second kappa shape index (κ2) is 7.81. The fraction of sp³-hybridized carbons (Fsp3) is 0.583. The molecule has 0 radical (unpaired) electrons. The molecule has 0 aromatic heterocycles. The first-order valence-electron chi connectivity index (χ1n) is 10.4. The molecule has 0 amide bonds. The van der Waals surface area contributed by atoms with Crippen LogP contribution in [0.5, 0.6) is 5.75 Å². The maximum absolute atomic E-state index is 9.49. The standard InChI is InChI=1S/C24H35NO2/c1-5-23(2,3)19-9-12-21(13-10-19)27-22-11-7-17-14-20(24(4,25)16-26)8-6-18(17)15-22/h6-8,11,14-15,19,21,26H,5,9-10,12-13,16,25H2,1-4H3/t19-,21-,24-/m0/s1. The third-order valence-corrected chi connectivity index (χ3v) is 6.79. The average Bonchev–Trinajstić information content (AvgIpc) is 2.68. The van der Waals surface area contributed by atoms with E-state index < -0.39 is 5.54 Å². The lowest BCUT2D eigenvalue weighted by molar-refractivity contribution is 0.0780. The van der Waals surface area contributed by atoms with Crippen LogP contribution in [-0.2, 0) is 5.54 Å². The Kier molecular flexibility index (Phi) is 5.83. The van der Waals surface area contributed by atoms with Crippen LogP contribution in [0, 0.1) is 11.3 Å². The lowest BCUT2D eigenvalue weighted by Crippen LogP contribution is -2.36. The lowest BCUT2D eigenvalue weighted by Gasteiger charge is -2.38. The highest BCUT2D eigenvalue weighted by molar-refractivity contribution is 5.84. The zero-order valence-electron chi connectivity index (χ0n) is 17.3. The van der Waals surface area contributed by atoms with Crippen molar-refractivity contribution in [1.82, 2.24) is 0 Å². The number of rotatable bonds is 6. The highest BCUT2D eigenvalue weighted by Crippen LogP contribution is 2.41. The van der Waals surface area contributed by atoms with Gasteiger partial charge >= 0.3 is 0 Å². The van der Waals surface area contributed by atoms with Gasteiger partial charge in [-0.3, -0.25) is 0 Å². The van der Waals surface area contributed by atoms with Gasteiger partial charge in [0.25, 0.3) is 0 Å². The number of hydrogen-bond donors (Lipinski definition) is 2. The minimum atomic E-state index is -0.714. The monoisotopic (exact) mass is 369 g/mol. The zero-order chi connectivity index (χ0) is 19.7. The highest BCUT2D eigenvalue weighted by atomic mass is 16.5. The second-order valence-corrected chi connectivity index (χ2v) is 9.23. The van der Waals surface area contributed by atoms with Gasteiger partial charge in [-0.2, -0.15) is 0 Å². The molecule has 0 bridgehead atoms. The van der Waals surface area contributed by atoms with Gasteiger partial charge in [0.05, 0.1) is 18.2 Å². The molecular formula is C24H35NO2. The van der Waals surface area contributed by atoms with E-state index in [1.165, 1.54) is 19.3 Å². The van der Waals surface area contributed by atoms with E-state index in [2.05, 4.69) is 51.1 Å². The van der Waals surface area contributed by atoms with E-state index in [1.807, 2.05) is 13.0 Å². The lowest BCUT2D eigenvalue weighted by atomic mass is 9.69. The van der Waals surface area contributed by atoms with Gasteiger partial charge in [0.1, 0.15) is 5.75 Å². The van der Waals surface area contributed by atoms with Gasteiger partial charge in [-0.25, -0.2) is 0 Å². The Labute approximate surface area is 163 Å². The molecule has 1 aliphatic carbocycles. The Balaban J connectivity index is 1.67. The van der Waals surface area contributed by atoms with Crippen LogP contribution in [0.25, 0.3) is 10.8 Å². The predicted molar refractivity (Wildman–Crippen MR) is 113 cm³/mol. The fourth-order valence-corrected chi connectivity index (χ4v) is 4.19. The van der Waals surface area contributed by atoms with E-state index in [0.29, 0.717) is 11.5 Å². The van der Waals surface area contributed by atoms with E-state index >= 15 is 0 Å². The summed E-state index contributed by atoms with van der Waals surface area (Å²) in [5.74, 6) is 1.76. The third-order valence-electron chi connectivity index (χ3n) is 6.79. The maximum atomic E-state index is 9.49. The zero-order valence-corrected chi connectivity index (χ0v) is 17.3. The Bertz CT molecular complexity index is 773. The van der Waals surface area contributed by atoms with Crippen molar-refractivity contribution >= 4 is 10.8 Å².